The number of rotatable bonds is 5. The lowest BCUT2D eigenvalue weighted by atomic mass is 9.80. The molecule has 0 spiro atoms. The number of piperidine rings is 1. The van der Waals surface area contributed by atoms with Crippen molar-refractivity contribution in [3.8, 4) is 6.07 Å². The number of hydrogen-bond donors (Lipinski definition) is 1. The number of hydrogen-bond acceptors (Lipinski definition) is 5. The minimum Gasteiger partial charge on any atom is -0.323 e. The van der Waals surface area contributed by atoms with Gasteiger partial charge in [-0.1, -0.05) is 0 Å². The van der Waals surface area contributed by atoms with Gasteiger partial charge in [0.15, 0.2) is 0 Å². The van der Waals surface area contributed by atoms with E-state index in [-0.39, 0.29) is 17.9 Å². The van der Waals surface area contributed by atoms with Crippen LogP contribution < -0.4 is 5.32 Å². The first-order valence-corrected chi connectivity index (χ1v) is 8.77. The third-order valence-electron chi connectivity index (χ3n) is 5.35. The van der Waals surface area contributed by atoms with Gasteiger partial charge in [-0.2, -0.15) is 10.4 Å². The van der Waals surface area contributed by atoms with Crippen molar-refractivity contribution >= 4 is 11.9 Å². The molecular formula is C17H24N6O2. The summed E-state index contributed by atoms with van der Waals surface area (Å²) in [6.45, 7) is 7.31. The predicted molar refractivity (Wildman–Crippen MR) is 90.4 cm³/mol. The number of imide groups is 1. The molecule has 0 radical (unpaired) electrons. The predicted octanol–water partition coefficient (Wildman–Crippen LogP) is 0.797. The van der Waals surface area contributed by atoms with Crippen molar-refractivity contribution in [3.05, 3.63) is 18.0 Å². The van der Waals surface area contributed by atoms with Crippen LogP contribution in [0.25, 0.3) is 0 Å². The van der Waals surface area contributed by atoms with Crippen molar-refractivity contribution in [2.24, 2.45) is 5.92 Å². The van der Waals surface area contributed by atoms with Crippen LogP contribution in [0.4, 0.5) is 4.79 Å². The number of nitriles is 1. The van der Waals surface area contributed by atoms with Crippen LogP contribution in [0.15, 0.2) is 12.4 Å². The smallest absolute Gasteiger partial charge is 0.323 e. The van der Waals surface area contributed by atoms with Gasteiger partial charge < -0.3 is 10.2 Å². The number of nitrogens with one attached hydrogen (secondary N) is 1. The fraction of sp³-hybridized carbons (Fsp3) is 0.647. The summed E-state index contributed by atoms with van der Waals surface area (Å²) in [6.07, 6.45) is 5.23. The second-order valence-electron chi connectivity index (χ2n) is 6.93. The van der Waals surface area contributed by atoms with Crippen molar-refractivity contribution in [3.63, 3.8) is 0 Å². The number of likely N-dealkylation sites (N-methyl/N-ethyl adjacent to an activating group) is 1. The highest BCUT2D eigenvalue weighted by Gasteiger charge is 2.52. The minimum absolute atomic E-state index is 0.0986. The fourth-order valence-corrected chi connectivity index (χ4v) is 3.80. The van der Waals surface area contributed by atoms with Gasteiger partial charge in [-0.05, 0) is 33.2 Å². The van der Waals surface area contributed by atoms with Gasteiger partial charge >= 0.3 is 6.03 Å². The number of likely N-dealkylation sites (tertiary alicyclic amines) is 1. The summed E-state index contributed by atoms with van der Waals surface area (Å²) in [7, 11) is 0. The lowest BCUT2D eigenvalue weighted by Gasteiger charge is -2.39. The van der Waals surface area contributed by atoms with Crippen LogP contribution in [-0.2, 0) is 11.3 Å². The quantitative estimate of drug-likeness (QED) is 0.797. The molecule has 3 rings (SSSR count). The van der Waals surface area contributed by atoms with Crippen LogP contribution >= 0.6 is 0 Å². The van der Waals surface area contributed by atoms with Crippen LogP contribution in [0.5, 0.6) is 0 Å². The van der Waals surface area contributed by atoms with E-state index in [2.05, 4.69) is 21.4 Å². The first-order valence-electron chi connectivity index (χ1n) is 8.77. The Hall–Kier alpha value is -2.40. The second kappa shape index (κ2) is 6.84. The van der Waals surface area contributed by atoms with E-state index in [1.165, 1.54) is 4.90 Å². The van der Waals surface area contributed by atoms with Gasteiger partial charge in [0, 0.05) is 31.7 Å². The Kier molecular flexibility index (Phi) is 4.77. The number of nitrogens with zero attached hydrogens (tertiary/aromatic N) is 5. The normalized spacial score (nSPS) is 27.4. The van der Waals surface area contributed by atoms with Crippen molar-refractivity contribution in [2.45, 2.75) is 38.8 Å². The van der Waals surface area contributed by atoms with Crippen molar-refractivity contribution in [1.29, 1.82) is 5.26 Å². The van der Waals surface area contributed by atoms with Gasteiger partial charge in [0.2, 0.25) is 0 Å². The highest BCUT2D eigenvalue weighted by molar-refractivity contribution is 6.07. The van der Waals surface area contributed by atoms with E-state index >= 15 is 0 Å². The molecule has 2 aliphatic rings. The molecule has 1 aromatic heterocycles. The van der Waals surface area contributed by atoms with Gasteiger partial charge in [-0.25, -0.2) is 4.79 Å². The van der Waals surface area contributed by atoms with Crippen LogP contribution in [0.2, 0.25) is 0 Å². The minimum atomic E-state index is -0.814. The van der Waals surface area contributed by atoms with Crippen LogP contribution in [-0.4, -0.2) is 63.2 Å². The molecule has 25 heavy (non-hydrogen) atoms. The maximum absolute atomic E-state index is 12.7. The summed E-state index contributed by atoms with van der Waals surface area (Å²) < 4.78 is 1.77. The summed E-state index contributed by atoms with van der Waals surface area (Å²) in [4.78, 5) is 28.3. The number of aromatic nitrogens is 2. The SMILES string of the molecule is CCN1C(=O)N[C@](C)([C@H]2CCCN(CCn3cc(C#N)cn3)C2)C1=O. The maximum atomic E-state index is 12.7. The summed E-state index contributed by atoms with van der Waals surface area (Å²) in [5.41, 5.74) is -0.256. The zero-order chi connectivity index (χ0) is 18.0. The van der Waals surface area contributed by atoms with Crippen LogP contribution in [0.1, 0.15) is 32.3 Å². The Bertz CT molecular complexity index is 708. The number of urea groups is 1. The molecule has 8 nitrogen and oxygen atoms in total. The standard InChI is InChI=1S/C17H24N6O2/c1-3-23-15(24)17(2,20-16(23)25)14-5-4-6-21(12-14)7-8-22-11-13(9-18)10-19-22/h10-11,14H,3-8,12H2,1-2H3,(H,20,25)/t14-,17+/m0/s1. The second-order valence-corrected chi connectivity index (χ2v) is 6.93. The van der Waals surface area contributed by atoms with E-state index in [1.54, 1.807) is 17.1 Å². The Balaban J connectivity index is 1.62. The van der Waals surface area contributed by atoms with E-state index in [0.29, 0.717) is 18.7 Å². The molecule has 3 amide bonds. The highest BCUT2D eigenvalue weighted by atomic mass is 16.2. The molecule has 2 atom stereocenters. The van der Waals surface area contributed by atoms with Gasteiger partial charge in [-0.3, -0.25) is 14.4 Å². The van der Waals surface area contributed by atoms with Crippen molar-refractivity contribution in [1.82, 2.24) is 24.9 Å². The van der Waals surface area contributed by atoms with E-state index in [9.17, 15) is 9.59 Å². The fourth-order valence-electron chi connectivity index (χ4n) is 3.80. The molecule has 1 aromatic rings. The largest absolute Gasteiger partial charge is 0.325 e. The molecule has 2 aliphatic heterocycles. The summed E-state index contributed by atoms with van der Waals surface area (Å²) in [5, 5.41) is 15.9. The molecule has 1 N–H and O–H groups in total. The molecule has 3 heterocycles. The third-order valence-corrected chi connectivity index (χ3v) is 5.35. The topological polar surface area (TPSA) is 94.3 Å². The molecule has 134 valence electrons. The Morgan fingerprint density at radius 2 is 2.24 bits per heavy atom. The molecule has 8 heteroatoms. The average molecular weight is 344 g/mol. The highest BCUT2D eigenvalue weighted by Crippen LogP contribution is 2.32. The zero-order valence-electron chi connectivity index (χ0n) is 14.7. The molecule has 0 saturated carbocycles. The molecule has 0 unspecified atom stereocenters. The number of carbonyl (C=O) groups excluding carboxylic acids is 2. The van der Waals surface area contributed by atoms with Crippen LogP contribution in [0, 0.1) is 17.2 Å². The van der Waals surface area contributed by atoms with E-state index < -0.39 is 5.54 Å². The molecular weight excluding hydrogens is 320 g/mol. The summed E-state index contributed by atoms with van der Waals surface area (Å²) in [5.74, 6) is -0.0147. The monoisotopic (exact) mass is 344 g/mol. The van der Waals surface area contributed by atoms with Crippen molar-refractivity contribution in [2.75, 3.05) is 26.2 Å². The van der Waals surface area contributed by atoms with Crippen LogP contribution in [0.3, 0.4) is 0 Å². The molecule has 2 fully saturated rings. The molecule has 0 bridgehead atoms. The van der Waals surface area contributed by atoms with Crippen molar-refractivity contribution < 1.29 is 9.59 Å². The van der Waals surface area contributed by atoms with Gasteiger partial charge in [-0.15, -0.1) is 0 Å². The molecule has 0 aromatic carbocycles. The first kappa shape index (κ1) is 17.4. The zero-order valence-corrected chi connectivity index (χ0v) is 14.7. The average Bonchev–Trinajstić information content (AvgIpc) is 3.16. The summed E-state index contributed by atoms with van der Waals surface area (Å²) >= 11 is 0. The van der Waals surface area contributed by atoms with Gasteiger partial charge in [0.1, 0.15) is 11.6 Å². The van der Waals surface area contributed by atoms with Gasteiger partial charge in [0.25, 0.3) is 5.91 Å². The van der Waals surface area contributed by atoms with E-state index in [1.807, 2.05) is 13.8 Å². The lowest BCUT2D eigenvalue weighted by Crippen LogP contribution is -2.56. The van der Waals surface area contributed by atoms with E-state index in [0.717, 1.165) is 32.5 Å². The third kappa shape index (κ3) is 3.24. The number of amides is 3. The Morgan fingerprint density at radius 1 is 1.44 bits per heavy atom. The number of carbonyl (C=O) groups is 2. The molecule has 0 aliphatic carbocycles. The summed E-state index contributed by atoms with van der Waals surface area (Å²) in [6, 6.07) is 1.79. The van der Waals surface area contributed by atoms with E-state index in [4.69, 9.17) is 5.26 Å². The Labute approximate surface area is 147 Å². The Morgan fingerprint density at radius 3 is 2.88 bits per heavy atom. The molecule has 2 saturated heterocycles. The maximum Gasteiger partial charge on any atom is 0.325 e. The van der Waals surface area contributed by atoms with Gasteiger partial charge in [0.05, 0.1) is 18.3 Å². The first-order chi connectivity index (χ1) is 12.0. The lowest BCUT2D eigenvalue weighted by molar-refractivity contribution is -0.133.